The van der Waals surface area contributed by atoms with Crippen molar-refractivity contribution in [2.45, 2.75) is 5.16 Å². The molecule has 74 valence electrons. The molecule has 0 spiro atoms. The van der Waals surface area contributed by atoms with Gasteiger partial charge in [-0.3, -0.25) is 0 Å². The van der Waals surface area contributed by atoms with Crippen molar-refractivity contribution in [1.29, 1.82) is 0 Å². The Balaban J connectivity index is 2.84. The van der Waals surface area contributed by atoms with Crippen LogP contribution in [-0.4, -0.2) is 29.5 Å². The van der Waals surface area contributed by atoms with E-state index in [-0.39, 0.29) is 0 Å². The highest BCUT2D eigenvalue weighted by Crippen LogP contribution is 2.11. The van der Waals surface area contributed by atoms with E-state index in [1.54, 1.807) is 19.5 Å². The summed E-state index contributed by atoms with van der Waals surface area (Å²) >= 11 is 1.50. The Bertz CT molecular complexity index is 348. The van der Waals surface area contributed by atoms with Crippen molar-refractivity contribution in [2.24, 2.45) is 5.10 Å². The summed E-state index contributed by atoms with van der Waals surface area (Å²) < 4.78 is 0. The van der Waals surface area contributed by atoms with Gasteiger partial charge in [-0.05, 0) is 12.3 Å². The molecule has 0 atom stereocenters. The fraction of sp³-hybridized carbons (Fsp3) is 0.222. The van der Waals surface area contributed by atoms with Crippen molar-refractivity contribution < 1.29 is 0 Å². The number of hydrazone groups is 1. The summed E-state index contributed by atoms with van der Waals surface area (Å²) in [5.74, 6) is 0. The molecule has 1 rings (SSSR count). The monoisotopic (exact) mass is 208 g/mol. The quantitative estimate of drug-likeness (QED) is 0.352. The Kier molecular flexibility index (Phi) is 4.12. The van der Waals surface area contributed by atoms with Gasteiger partial charge in [-0.15, -0.1) is 0 Å². The zero-order valence-electron chi connectivity index (χ0n) is 8.19. The summed E-state index contributed by atoms with van der Waals surface area (Å²) in [5, 5.41) is 4.60. The summed E-state index contributed by atoms with van der Waals surface area (Å²) in [6.07, 6.45) is 5.28. The van der Waals surface area contributed by atoms with Gasteiger partial charge in [0.25, 0.3) is 0 Å². The molecule has 0 saturated heterocycles. The third kappa shape index (κ3) is 2.85. The molecule has 0 aromatic carbocycles. The molecule has 0 fully saturated rings. The molecule has 0 aliphatic heterocycles. The second-order valence-corrected chi connectivity index (χ2v) is 3.21. The van der Waals surface area contributed by atoms with E-state index >= 15 is 0 Å². The van der Waals surface area contributed by atoms with Crippen molar-refractivity contribution in [2.75, 3.05) is 13.3 Å². The Morgan fingerprint density at radius 2 is 2.50 bits per heavy atom. The van der Waals surface area contributed by atoms with Gasteiger partial charge in [-0.2, -0.15) is 5.10 Å². The lowest BCUT2D eigenvalue weighted by molar-refractivity contribution is 0.908. The van der Waals surface area contributed by atoms with Crippen LogP contribution in [-0.2, 0) is 0 Å². The van der Waals surface area contributed by atoms with E-state index in [0.717, 1.165) is 16.4 Å². The van der Waals surface area contributed by atoms with Crippen molar-refractivity contribution in [3.63, 3.8) is 0 Å². The Hall–Kier alpha value is -1.36. The molecule has 0 amide bonds. The molecule has 4 nitrogen and oxygen atoms in total. The van der Waals surface area contributed by atoms with Crippen LogP contribution in [0, 0.1) is 0 Å². The van der Waals surface area contributed by atoms with Crippen molar-refractivity contribution in [3.8, 4) is 0 Å². The number of hydrogen-bond acceptors (Lipinski definition) is 5. The summed E-state index contributed by atoms with van der Waals surface area (Å²) in [5.41, 5.74) is 4.21. The third-order valence-electron chi connectivity index (χ3n) is 1.49. The fourth-order valence-electron chi connectivity index (χ4n) is 0.827. The number of rotatable bonds is 4. The number of nitrogens with zero attached hydrogens (tertiary/aromatic N) is 3. The molecule has 14 heavy (non-hydrogen) atoms. The normalized spacial score (nSPS) is 10.4. The molecule has 0 bridgehead atoms. The minimum absolute atomic E-state index is 0.738. The molecule has 1 aromatic heterocycles. The Morgan fingerprint density at radius 3 is 3.14 bits per heavy atom. The molecule has 0 radical (unpaired) electrons. The minimum atomic E-state index is 0.738. The average molecular weight is 208 g/mol. The molecule has 0 saturated carbocycles. The highest BCUT2D eigenvalue weighted by Gasteiger charge is 1.99. The molecule has 1 N–H and O–H groups in total. The lowest BCUT2D eigenvalue weighted by Crippen LogP contribution is -1.97. The summed E-state index contributed by atoms with van der Waals surface area (Å²) in [6.45, 7) is 3.85. The van der Waals surface area contributed by atoms with Gasteiger partial charge < -0.3 is 5.43 Å². The first-order chi connectivity index (χ1) is 6.77. The molecule has 0 aliphatic rings. The van der Waals surface area contributed by atoms with E-state index in [9.17, 15) is 0 Å². The van der Waals surface area contributed by atoms with E-state index in [1.807, 2.05) is 12.3 Å². The first-order valence-corrected chi connectivity index (χ1v) is 5.26. The van der Waals surface area contributed by atoms with Crippen molar-refractivity contribution in [1.82, 2.24) is 15.4 Å². The second kappa shape index (κ2) is 5.39. The zero-order valence-corrected chi connectivity index (χ0v) is 9.01. The lowest BCUT2D eigenvalue weighted by atomic mass is 10.2. The van der Waals surface area contributed by atoms with Crippen LogP contribution in [0.5, 0.6) is 0 Å². The maximum absolute atomic E-state index is 4.28. The molecule has 1 aromatic rings. The standard InChI is InChI=1S/C9H12N4S/c1-7(6-12-10-2)8-4-5-11-9(13-8)14-3/h4-6,10H,1H2,2-3H3/b12-6-. The van der Waals surface area contributed by atoms with E-state index in [4.69, 9.17) is 0 Å². The van der Waals surface area contributed by atoms with Gasteiger partial charge in [0.1, 0.15) is 0 Å². The summed E-state index contributed by atoms with van der Waals surface area (Å²) in [4.78, 5) is 8.35. The van der Waals surface area contributed by atoms with Gasteiger partial charge in [-0.25, -0.2) is 9.97 Å². The predicted molar refractivity (Wildman–Crippen MR) is 60.4 cm³/mol. The van der Waals surface area contributed by atoms with Gasteiger partial charge in [0.05, 0.1) is 11.9 Å². The van der Waals surface area contributed by atoms with E-state index in [2.05, 4.69) is 27.1 Å². The molecule has 5 heteroatoms. The molecule has 0 aliphatic carbocycles. The Morgan fingerprint density at radius 1 is 1.71 bits per heavy atom. The van der Waals surface area contributed by atoms with Crippen LogP contribution in [0.3, 0.4) is 0 Å². The van der Waals surface area contributed by atoms with Crippen LogP contribution >= 0.6 is 11.8 Å². The van der Waals surface area contributed by atoms with Crippen molar-refractivity contribution in [3.05, 3.63) is 24.5 Å². The Labute approximate surface area is 87.5 Å². The number of nitrogens with one attached hydrogen (secondary N) is 1. The SMILES string of the molecule is C=C(/C=N\NC)c1ccnc(SC)n1. The predicted octanol–water partition coefficient (Wildman–Crippen LogP) is 1.42. The van der Waals surface area contributed by atoms with E-state index < -0.39 is 0 Å². The van der Waals surface area contributed by atoms with Crippen LogP contribution in [0.15, 0.2) is 29.1 Å². The van der Waals surface area contributed by atoms with Gasteiger partial charge in [-0.1, -0.05) is 18.3 Å². The molecular formula is C9H12N4S. The van der Waals surface area contributed by atoms with E-state index in [0.29, 0.717) is 0 Å². The van der Waals surface area contributed by atoms with Crippen LogP contribution in [0.4, 0.5) is 0 Å². The fourth-order valence-corrected chi connectivity index (χ4v) is 1.18. The molecule has 1 heterocycles. The maximum Gasteiger partial charge on any atom is 0.187 e. The van der Waals surface area contributed by atoms with Gasteiger partial charge in [0, 0.05) is 18.8 Å². The second-order valence-electron chi connectivity index (χ2n) is 2.44. The number of hydrogen-bond donors (Lipinski definition) is 1. The van der Waals surface area contributed by atoms with E-state index in [1.165, 1.54) is 11.8 Å². The minimum Gasteiger partial charge on any atom is -0.313 e. The average Bonchev–Trinajstić information content (AvgIpc) is 2.26. The largest absolute Gasteiger partial charge is 0.313 e. The molecule has 0 unspecified atom stereocenters. The van der Waals surface area contributed by atoms with Gasteiger partial charge in [0.15, 0.2) is 5.16 Å². The summed E-state index contributed by atoms with van der Waals surface area (Å²) in [6, 6.07) is 1.81. The first-order valence-electron chi connectivity index (χ1n) is 4.04. The highest BCUT2D eigenvalue weighted by molar-refractivity contribution is 7.98. The third-order valence-corrected chi connectivity index (χ3v) is 2.06. The summed E-state index contributed by atoms with van der Waals surface area (Å²) in [7, 11) is 1.73. The van der Waals surface area contributed by atoms with Crippen LogP contribution in [0.2, 0.25) is 0 Å². The van der Waals surface area contributed by atoms with Crippen molar-refractivity contribution >= 4 is 23.5 Å². The first kappa shape index (κ1) is 10.7. The van der Waals surface area contributed by atoms with Gasteiger partial charge in [0.2, 0.25) is 0 Å². The topological polar surface area (TPSA) is 50.2 Å². The highest BCUT2D eigenvalue weighted by atomic mass is 32.2. The number of aromatic nitrogens is 2. The van der Waals surface area contributed by atoms with Crippen LogP contribution < -0.4 is 5.43 Å². The van der Waals surface area contributed by atoms with Crippen LogP contribution in [0.25, 0.3) is 5.57 Å². The number of thioether (sulfide) groups is 1. The maximum atomic E-state index is 4.28. The lowest BCUT2D eigenvalue weighted by Gasteiger charge is -2.00. The molecular weight excluding hydrogens is 196 g/mol. The number of allylic oxidation sites excluding steroid dienone is 1. The van der Waals surface area contributed by atoms with Gasteiger partial charge >= 0.3 is 0 Å². The smallest absolute Gasteiger partial charge is 0.187 e. The zero-order chi connectivity index (χ0) is 10.4. The van der Waals surface area contributed by atoms with Crippen LogP contribution in [0.1, 0.15) is 5.69 Å².